The van der Waals surface area contributed by atoms with Crippen molar-refractivity contribution in [2.24, 2.45) is 0 Å². The molecule has 0 aliphatic heterocycles. The quantitative estimate of drug-likeness (QED) is 0.403. The predicted octanol–water partition coefficient (Wildman–Crippen LogP) is 3.94. The molecule has 0 N–H and O–H groups in total. The first-order valence-electron chi connectivity index (χ1n) is 6.46. The van der Waals surface area contributed by atoms with Gasteiger partial charge < -0.3 is 4.42 Å². The summed E-state index contributed by atoms with van der Waals surface area (Å²) in [5.74, 6) is 1.26. The number of nitro benzene ring substituents is 1. The van der Waals surface area contributed by atoms with E-state index in [0.29, 0.717) is 17.2 Å². The van der Waals surface area contributed by atoms with Gasteiger partial charge in [0.15, 0.2) is 5.76 Å². The van der Waals surface area contributed by atoms with E-state index < -0.39 is 4.92 Å². The van der Waals surface area contributed by atoms with Crippen molar-refractivity contribution in [3.63, 3.8) is 0 Å². The molecule has 2 aromatic heterocycles. The minimum atomic E-state index is -0.397. The Labute approximate surface area is 130 Å². The molecule has 3 aromatic rings. The lowest BCUT2D eigenvalue weighted by molar-refractivity contribution is -0.384. The summed E-state index contributed by atoms with van der Waals surface area (Å²) >= 11 is 1.47. The topological polar surface area (TPSA) is 82.1 Å². The van der Waals surface area contributed by atoms with Crippen LogP contribution in [-0.2, 0) is 5.75 Å². The molecule has 3 rings (SSSR count). The van der Waals surface area contributed by atoms with Gasteiger partial charge in [-0.05, 0) is 29.8 Å². The first-order valence-corrected chi connectivity index (χ1v) is 7.45. The number of rotatable bonds is 5. The molecule has 0 bridgehead atoms. The van der Waals surface area contributed by atoms with Crippen LogP contribution in [0.15, 0.2) is 64.2 Å². The van der Waals surface area contributed by atoms with Gasteiger partial charge >= 0.3 is 0 Å². The molecule has 0 saturated heterocycles. The molecule has 6 nitrogen and oxygen atoms in total. The normalized spacial score (nSPS) is 10.5. The maximum Gasteiger partial charge on any atom is 0.269 e. The molecule has 22 heavy (non-hydrogen) atoms. The van der Waals surface area contributed by atoms with E-state index in [1.54, 1.807) is 24.5 Å². The lowest BCUT2D eigenvalue weighted by Gasteiger charge is -2.02. The van der Waals surface area contributed by atoms with Crippen LogP contribution in [0.5, 0.6) is 0 Å². The summed E-state index contributed by atoms with van der Waals surface area (Å²) in [7, 11) is 0. The van der Waals surface area contributed by atoms with Gasteiger partial charge in [0.25, 0.3) is 5.69 Å². The van der Waals surface area contributed by atoms with Gasteiger partial charge in [-0.2, -0.15) is 0 Å². The summed E-state index contributed by atoms with van der Waals surface area (Å²) in [6, 6.07) is 13.9. The fraction of sp³-hybridized carbons (Fsp3) is 0.0667. The number of hydrogen-bond donors (Lipinski definition) is 0. The Bertz CT molecular complexity index is 773. The van der Waals surface area contributed by atoms with Crippen LogP contribution in [0.25, 0.3) is 11.5 Å². The van der Waals surface area contributed by atoms with Crippen LogP contribution in [0.2, 0.25) is 0 Å². The summed E-state index contributed by atoms with van der Waals surface area (Å²) in [4.78, 5) is 10.3. The fourth-order valence-electron chi connectivity index (χ4n) is 1.87. The molecule has 0 atom stereocenters. The highest BCUT2D eigenvalue weighted by atomic mass is 32.2. The lowest BCUT2D eigenvalue weighted by atomic mass is 10.2. The van der Waals surface area contributed by atoms with Crippen LogP contribution in [0.3, 0.4) is 0 Å². The Kier molecular flexibility index (Phi) is 4.15. The zero-order valence-corrected chi connectivity index (χ0v) is 12.2. The molecule has 0 amide bonds. The van der Waals surface area contributed by atoms with Crippen molar-refractivity contribution in [3.05, 3.63) is 70.5 Å². The number of nitrogens with zero attached hydrogens (tertiary/aromatic N) is 3. The molecule has 0 fully saturated rings. The summed E-state index contributed by atoms with van der Waals surface area (Å²) in [6.45, 7) is 0. The Morgan fingerprint density at radius 2 is 2.05 bits per heavy atom. The van der Waals surface area contributed by atoms with Gasteiger partial charge in [-0.25, -0.2) is 0 Å². The molecule has 0 unspecified atom stereocenters. The highest BCUT2D eigenvalue weighted by Gasteiger charge is 2.07. The van der Waals surface area contributed by atoms with Crippen LogP contribution in [0, 0.1) is 10.1 Å². The van der Waals surface area contributed by atoms with Gasteiger partial charge in [0.1, 0.15) is 10.7 Å². The maximum absolute atomic E-state index is 10.7. The van der Waals surface area contributed by atoms with E-state index >= 15 is 0 Å². The van der Waals surface area contributed by atoms with E-state index in [2.05, 4.69) is 10.2 Å². The molecule has 0 spiro atoms. The third kappa shape index (κ3) is 3.32. The Morgan fingerprint density at radius 3 is 2.73 bits per heavy atom. The van der Waals surface area contributed by atoms with Crippen molar-refractivity contribution in [1.82, 2.24) is 10.2 Å². The third-order valence-electron chi connectivity index (χ3n) is 2.92. The fourth-order valence-corrected chi connectivity index (χ4v) is 2.63. The number of benzene rings is 1. The molecule has 110 valence electrons. The van der Waals surface area contributed by atoms with E-state index in [0.717, 1.165) is 10.6 Å². The van der Waals surface area contributed by atoms with Gasteiger partial charge in [0, 0.05) is 17.9 Å². The number of aromatic nitrogens is 2. The molecule has 1 aromatic carbocycles. The van der Waals surface area contributed by atoms with Crippen molar-refractivity contribution >= 4 is 17.4 Å². The summed E-state index contributed by atoms with van der Waals surface area (Å²) < 4.78 is 5.25. The van der Waals surface area contributed by atoms with Crippen LogP contribution >= 0.6 is 11.8 Å². The zero-order chi connectivity index (χ0) is 15.4. The number of hydrogen-bond acceptors (Lipinski definition) is 6. The minimum absolute atomic E-state index is 0.0948. The average molecular weight is 313 g/mol. The van der Waals surface area contributed by atoms with Crippen LogP contribution < -0.4 is 0 Å². The minimum Gasteiger partial charge on any atom is -0.463 e. The Hall–Kier alpha value is -2.67. The van der Waals surface area contributed by atoms with E-state index in [-0.39, 0.29) is 5.69 Å². The number of non-ortho nitro benzene ring substituents is 1. The third-order valence-corrected chi connectivity index (χ3v) is 3.91. The Morgan fingerprint density at radius 1 is 1.14 bits per heavy atom. The summed E-state index contributed by atoms with van der Waals surface area (Å²) in [6.07, 6.45) is 1.59. The van der Waals surface area contributed by atoms with E-state index in [9.17, 15) is 10.1 Å². The highest BCUT2D eigenvalue weighted by Crippen LogP contribution is 2.24. The summed E-state index contributed by atoms with van der Waals surface area (Å²) in [5, 5.41) is 19.7. The number of thioether (sulfide) groups is 1. The van der Waals surface area contributed by atoms with E-state index in [1.165, 1.54) is 17.8 Å². The van der Waals surface area contributed by atoms with E-state index in [4.69, 9.17) is 4.42 Å². The van der Waals surface area contributed by atoms with Crippen molar-refractivity contribution in [2.45, 2.75) is 10.8 Å². The Balaban J connectivity index is 1.66. The molecule has 0 aliphatic rings. The second-order valence-corrected chi connectivity index (χ2v) is 5.45. The van der Waals surface area contributed by atoms with Gasteiger partial charge in [-0.15, -0.1) is 10.2 Å². The van der Waals surface area contributed by atoms with Crippen LogP contribution in [0.4, 0.5) is 5.69 Å². The average Bonchev–Trinajstić information content (AvgIpc) is 3.08. The van der Waals surface area contributed by atoms with Gasteiger partial charge in [-0.1, -0.05) is 23.9 Å². The SMILES string of the molecule is O=[N+]([O-])c1cccc(CSc2ccc(-c3ccco3)nn2)c1. The highest BCUT2D eigenvalue weighted by molar-refractivity contribution is 7.98. The molecule has 7 heteroatoms. The molecule has 2 heterocycles. The molecule has 0 aliphatic carbocycles. The first kappa shape index (κ1) is 14.3. The molecular formula is C15H11N3O3S. The summed E-state index contributed by atoms with van der Waals surface area (Å²) in [5.41, 5.74) is 1.64. The molecule has 0 radical (unpaired) electrons. The molecule has 0 saturated carbocycles. The lowest BCUT2D eigenvalue weighted by Crippen LogP contribution is -1.91. The van der Waals surface area contributed by atoms with Gasteiger partial charge in [0.05, 0.1) is 11.2 Å². The predicted molar refractivity (Wildman–Crippen MR) is 82.4 cm³/mol. The maximum atomic E-state index is 10.7. The first-order chi connectivity index (χ1) is 10.7. The zero-order valence-electron chi connectivity index (χ0n) is 11.4. The second kappa shape index (κ2) is 6.40. The van der Waals surface area contributed by atoms with Crippen LogP contribution in [0.1, 0.15) is 5.56 Å². The van der Waals surface area contributed by atoms with Crippen LogP contribution in [-0.4, -0.2) is 15.1 Å². The smallest absolute Gasteiger partial charge is 0.269 e. The monoisotopic (exact) mass is 313 g/mol. The number of nitro groups is 1. The molecular weight excluding hydrogens is 302 g/mol. The van der Waals surface area contributed by atoms with Gasteiger partial charge in [0.2, 0.25) is 0 Å². The standard InChI is InChI=1S/C15H11N3O3S/c19-18(20)12-4-1-3-11(9-12)10-22-15-7-6-13(16-17-15)14-5-2-8-21-14/h1-9H,10H2. The van der Waals surface area contributed by atoms with Crippen molar-refractivity contribution in [3.8, 4) is 11.5 Å². The van der Waals surface area contributed by atoms with Gasteiger partial charge in [-0.3, -0.25) is 10.1 Å². The largest absolute Gasteiger partial charge is 0.463 e. The number of furan rings is 1. The van der Waals surface area contributed by atoms with Crippen molar-refractivity contribution in [1.29, 1.82) is 0 Å². The second-order valence-electron chi connectivity index (χ2n) is 4.45. The van der Waals surface area contributed by atoms with Crippen molar-refractivity contribution in [2.75, 3.05) is 0 Å². The van der Waals surface area contributed by atoms with Crippen molar-refractivity contribution < 1.29 is 9.34 Å². The van der Waals surface area contributed by atoms with E-state index in [1.807, 2.05) is 24.3 Å².